The smallest absolute Gasteiger partial charge is 0.247 e. The molecule has 228 valence electrons. The molecule has 5 rings (SSSR count). The zero-order valence-corrected chi connectivity index (χ0v) is 25.4. The molecule has 10 heteroatoms. The summed E-state index contributed by atoms with van der Waals surface area (Å²) in [5.41, 5.74) is 0.765. The second-order valence-corrected chi connectivity index (χ2v) is 13.2. The highest BCUT2D eigenvalue weighted by molar-refractivity contribution is 8.02. The molecule has 0 saturated carbocycles. The van der Waals surface area contributed by atoms with Gasteiger partial charge in [-0.05, 0) is 31.4 Å². The number of morpholine rings is 1. The third kappa shape index (κ3) is 5.42. The summed E-state index contributed by atoms with van der Waals surface area (Å²) in [5, 5.41) is 10.3. The number of amides is 3. The highest BCUT2D eigenvalue weighted by Gasteiger charge is 2.74. The molecular weight excluding hydrogens is 552 g/mol. The summed E-state index contributed by atoms with van der Waals surface area (Å²) in [7, 11) is 0. The van der Waals surface area contributed by atoms with Crippen LogP contribution in [0.25, 0.3) is 0 Å². The molecule has 4 aliphatic heterocycles. The van der Waals surface area contributed by atoms with Gasteiger partial charge in [0.25, 0.3) is 0 Å². The number of aliphatic hydroxyl groups excluding tert-OH is 1. The van der Waals surface area contributed by atoms with E-state index >= 15 is 0 Å². The topological polar surface area (TPSA) is 93.6 Å². The monoisotopic (exact) mass is 596 g/mol. The van der Waals surface area contributed by atoms with E-state index in [1.807, 2.05) is 42.2 Å². The van der Waals surface area contributed by atoms with Gasteiger partial charge in [0.2, 0.25) is 17.7 Å². The summed E-state index contributed by atoms with van der Waals surface area (Å²) in [4.78, 5) is 50.9. The van der Waals surface area contributed by atoms with Crippen molar-refractivity contribution in [1.29, 1.82) is 0 Å². The molecule has 0 aromatic heterocycles. The van der Waals surface area contributed by atoms with Gasteiger partial charge in [-0.2, -0.15) is 0 Å². The molecule has 4 aliphatic rings. The Hall–Kier alpha value is -2.66. The van der Waals surface area contributed by atoms with Crippen LogP contribution in [0.15, 0.2) is 55.6 Å². The first-order chi connectivity index (χ1) is 20.4. The summed E-state index contributed by atoms with van der Waals surface area (Å²) in [6.07, 6.45) is 5.41. The van der Waals surface area contributed by atoms with Gasteiger partial charge in [0.05, 0.1) is 42.4 Å². The molecule has 2 bridgehead atoms. The van der Waals surface area contributed by atoms with Gasteiger partial charge in [0, 0.05) is 50.2 Å². The first-order valence-electron chi connectivity index (χ1n) is 15.2. The maximum atomic E-state index is 14.6. The molecule has 3 amide bonds. The summed E-state index contributed by atoms with van der Waals surface area (Å²) in [6, 6.07) is 8.25. The van der Waals surface area contributed by atoms with E-state index in [0.29, 0.717) is 52.2 Å². The van der Waals surface area contributed by atoms with E-state index in [4.69, 9.17) is 4.74 Å². The number of para-hydroxylation sites is 1. The third-order valence-corrected chi connectivity index (χ3v) is 11.4. The van der Waals surface area contributed by atoms with Gasteiger partial charge in [-0.1, -0.05) is 37.3 Å². The van der Waals surface area contributed by atoms with Gasteiger partial charge in [-0.15, -0.1) is 24.9 Å². The number of fused-ring (bicyclic) bond motifs is 1. The van der Waals surface area contributed by atoms with Crippen LogP contribution in [-0.2, 0) is 19.1 Å². The zero-order chi connectivity index (χ0) is 29.9. The second-order valence-electron chi connectivity index (χ2n) is 11.6. The SMILES string of the molecule is C=CCN(CCN1CCOCC1)C(=O)C1N([C@@H](CC)CO)C(=O)[C@@H]2[C@H](C(=O)N(CC=C)c3ccccc3)[C@@H]3CCC12S3. The van der Waals surface area contributed by atoms with Gasteiger partial charge in [0.1, 0.15) is 6.04 Å². The highest BCUT2D eigenvalue weighted by Crippen LogP contribution is 2.67. The van der Waals surface area contributed by atoms with E-state index in [1.54, 1.807) is 33.7 Å². The lowest BCUT2D eigenvalue weighted by molar-refractivity contribution is -0.145. The average molecular weight is 597 g/mol. The molecule has 1 aromatic rings. The van der Waals surface area contributed by atoms with Crippen LogP contribution in [0.5, 0.6) is 0 Å². The van der Waals surface area contributed by atoms with E-state index in [9.17, 15) is 19.5 Å². The van der Waals surface area contributed by atoms with Crippen LogP contribution < -0.4 is 4.90 Å². The Morgan fingerprint density at radius 3 is 2.52 bits per heavy atom. The number of anilines is 1. The number of ether oxygens (including phenoxy) is 1. The fourth-order valence-electron chi connectivity index (χ4n) is 7.41. The number of hydrogen-bond donors (Lipinski definition) is 1. The Morgan fingerprint density at radius 2 is 1.88 bits per heavy atom. The normalized spacial score (nSPS) is 29.3. The van der Waals surface area contributed by atoms with E-state index in [-0.39, 0.29) is 29.6 Å². The van der Waals surface area contributed by atoms with E-state index < -0.39 is 28.7 Å². The molecular formula is C32H44N4O5S. The number of carbonyl (C=O) groups is 3. The van der Waals surface area contributed by atoms with Crippen molar-refractivity contribution in [2.45, 2.75) is 48.3 Å². The van der Waals surface area contributed by atoms with Crippen LogP contribution in [0.2, 0.25) is 0 Å². The minimum absolute atomic E-state index is 0.0460. The summed E-state index contributed by atoms with van der Waals surface area (Å²) in [6.45, 7) is 14.4. The van der Waals surface area contributed by atoms with E-state index in [0.717, 1.165) is 25.2 Å². The molecule has 2 unspecified atom stereocenters. The number of carbonyl (C=O) groups excluding carboxylic acids is 3. The van der Waals surface area contributed by atoms with Crippen molar-refractivity contribution in [3.8, 4) is 0 Å². The predicted molar refractivity (Wildman–Crippen MR) is 165 cm³/mol. The Labute approximate surface area is 253 Å². The standard InChI is InChI=1S/C32H44N4O5S/c1-4-14-34(17-16-33-18-20-41-21-19-33)31(40)28-32-13-12-25(42-32)26(27(32)30(39)36(28)23(6-3)22-37)29(38)35(15-5-2)24-10-8-7-9-11-24/h4-5,7-11,23,25-28,37H,1-2,6,12-22H2,3H3/t23-,25-,26+,27-,28?,32?/m0/s1. The van der Waals surface area contributed by atoms with Gasteiger partial charge in [-0.3, -0.25) is 19.3 Å². The van der Waals surface area contributed by atoms with Crippen molar-refractivity contribution < 1.29 is 24.2 Å². The Bertz CT molecular complexity index is 1160. The lowest BCUT2D eigenvalue weighted by atomic mass is 9.70. The fraction of sp³-hybridized carbons (Fsp3) is 0.594. The highest BCUT2D eigenvalue weighted by atomic mass is 32.2. The van der Waals surface area contributed by atoms with Gasteiger partial charge < -0.3 is 24.5 Å². The fourth-order valence-corrected chi connectivity index (χ4v) is 9.60. The maximum absolute atomic E-state index is 14.6. The van der Waals surface area contributed by atoms with Crippen molar-refractivity contribution in [3.05, 3.63) is 55.6 Å². The van der Waals surface area contributed by atoms with E-state index in [2.05, 4.69) is 18.1 Å². The summed E-state index contributed by atoms with van der Waals surface area (Å²) in [5.74, 6) is -1.56. The summed E-state index contributed by atoms with van der Waals surface area (Å²) < 4.78 is 4.77. The average Bonchev–Trinajstić information content (AvgIpc) is 3.67. The molecule has 1 spiro atoms. The van der Waals surface area contributed by atoms with Crippen LogP contribution in [0.1, 0.15) is 26.2 Å². The minimum atomic E-state index is -0.742. The van der Waals surface area contributed by atoms with Crippen molar-refractivity contribution in [2.24, 2.45) is 11.8 Å². The quantitative estimate of drug-likeness (QED) is 0.350. The largest absolute Gasteiger partial charge is 0.394 e. The third-order valence-electron chi connectivity index (χ3n) is 9.43. The first kappa shape index (κ1) is 30.8. The Balaban J connectivity index is 1.49. The number of aliphatic hydroxyl groups is 1. The predicted octanol–water partition coefficient (Wildman–Crippen LogP) is 2.41. The lowest BCUT2D eigenvalue weighted by Gasteiger charge is -2.40. The molecule has 42 heavy (non-hydrogen) atoms. The van der Waals surface area contributed by atoms with Gasteiger partial charge in [-0.25, -0.2) is 0 Å². The van der Waals surface area contributed by atoms with E-state index in [1.165, 1.54) is 0 Å². The van der Waals surface area contributed by atoms with Gasteiger partial charge in [0.15, 0.2) is 0 Å². The molecule has 4 saturated heterocycles. The van der Waals surface area contributed by atoms with Gasteiger partial charge >= 0.3 is 0 Å². The molecule has 1 N–H and O–H groups in total. The first-order valence-corrected chi connectivity index (χ1v) is 16.1. The van der Waals surface area contributed by atoms with Crippen molar-refractivity contribution in [3.63, 3.8) is 0 Å². The number of rotatable bonds is 13. The van der Waals surface area contributed by atoms with Crippen LogP contribution in [-0.4, -0.2) is 119 Å². The molecule has 0 radical (unpaired) electrons. The second kappa shape index (κ2) is 13.3. The number of nitrogens with zero attached hydrogens (tertiary/aromatic N) is 4. The Kier molecular flexibility index (Phi) is 9.77. The minimum Gasteiger partial charge on any atom is -0.394 e. The van der Waals surface area contributed by atoms with Crippen LogP contribution in [0.3, 0.4) is 0 Å². The zero-order valence-electron chi connectivity index (χ0n) is 24.6. The lowest BCUT2D eigenvalue weighted by Crippen LogP contribution is -2.58. The van der Waals surface area contributed by atoms with Crippen molar-refractivity contribution in [2.75, 3.05) is 64.0 Å². The van der Waals surface area contributed by atoms with Crippen LogP contribution >= 0.6 is 11.8 Å². The number of likely N-dealkylation sites (tertiary alicyclic amines) is 1. The Morgan fingerprint density at radius 1 is 1.17 bits per heavy atom. The van der Waals surface area contributed by atoms with Crippen molar-refractivity contribution in [1.82, 2.24) is 14.7 Å². The maximum Gasteiger partial charge on any atom is 0.247 e. The van der Waals surface area contributed by atoms with Crippen LogP contribution in [0, 0.1) is 11.8 Å². The number of benzene rings is 1. The summed E-state index contributed by atoms with van der Waals surface area (Å²) >= 11 is 1.66. The molecule has 0 aliphatic carbocycles. The molecule has 4 fully saturated rings. The van der Waals surface area contributed by atoms with Crippen LogP contribution in [0.4, 0.5) is 5.69 Å². The molecule has 1 aromatic carbocycles. The number of hydrogen-bond acceptors (Lipinski definition) is 7. The number of thioether (sulfide) groups is 1. The molecule has 6 atom stereocenters. The van der Waals surface area contributed by atoms with Crippen molar-refractivity contribution >= 4 is 35.2 Å². The molecule has 9 nitrogen and oxygen atoms in total. The molecule has 4 heterocycles.